The number of piperidine rings is 1. The molecule has 0 aliphatic carbocycles. The number of hydrogen-bond donors (Lipinski definition) is 4. The maximum Gasteiger partial charge on any atom is 0.251 e. The zero-order chi connectivity index (χ0) is 23.5. The minimum atomic E-state index is -0.138. The first-order chi connectivity index (χ1) is 14.9. The number of aryl methyl sites for hydroxylation is 2. The summed E-state index contributed by atoms with van der Waals surface area (Å²) in [5.74, 6) is -0.223. The van der Waals surface area contributed by atoms with Crippen molar-refractivity contribution in [2.24, 2.45) is 0 Å². The van der Waals surface area contributed by atoms with Gasteiger partial charge in [-0.05, 0) is 90.3 Å². The molecule has 4 N–H and O–H groups in total. The molecule has 1 heterocycles. The van der Waals surface area contributed by atoms with Crippen molar-refractivity contribution in [1.82, 2.24) is 10.6 Å². The fraction of sp³-hybridized carbons (Fsp3) is 0.462. The van der Waals surface area contributed by atoms with Gasteiger partial charge in [-0.25, -0.2) is 0 Å². The average molecular weight is 437 g/mol. The Morgan fingerprint density at radius 2 is 1.59 bits per heavy atom. The molecule has 0 unspecified atom stereocenters. The summed E-state index contributed by atoms with van der Waals surface area (Å²) in [5.41, 5.74) is 4.44. The van der Waals surface area contributed by atoms with Gasteiger partial charge in [-0.1, -0.05) is 17.7 Å². The second kappa shape index (κ2) is 9.33. The highest BCUT2D eigenvalue weighted by Crippen LogP contribution is 2.28. The fourth-order valence-electron chi connectivity index (χ4n) is 4.79. The van der Waals surface area contributed by atoms with Crippen molar-refractivity contribution < 1.29 is 9.59 Å². The molecular formula is C26H36N4O2. The van der Waals surface area contributed by atoms with Crippen molar-refractivity contribution >= 4 is 23.2 Å². The standard InChI is InChI=1S/C26H36N4O2/c1-17-7-12-22(18(2)13-17)27-16-23(31)28-20-10-8-19(9-11-20)24(32)29-21-14-25(3,4)30-26(5,6)15-21/h7-13,21,27,30H,14-16H2,1-6H3,(H,28,31)(H,29,32). The van der Waals surface area contributed by atoms with Gasteiger partial charge in [-0.3, -0.25) is 9.59 Å². The van der Waals surface area contributed by atoms with Crippen molar-refractivity contribution in [3.05, 3.63) is 59.2 Å². The summed E-state index contributed by atoms with van der Waals surface area (Å²) < 4.78 is 0. The van der Waals surface area contributed by atoms with Gasteiger partial charge in [0.15, 0.2) is 0 Å². The van der Waals surface area contributed by atoms with Crippen LogP contribution in [0, 0.1) is 13.8 Å². The van der Waals surface area contributed by atoms with Gasteiger partial charge < -0.3 is 21.3 Å². The van der Waals surface area contributed by atoms with Gasteiger partial charge in [0.1, 0.15) is 0 Å². The maximum atomic E-state index is 12.8. The van der Waals surface area contributed by atoms with E-state index in [0.717, 1.165) is 24.1 Å². The Balaban J connectivity index is 1.53. The molecule has 172 valence electrons. The monoisotopic (exact) mass is 436 g/mol. The molecule has 0 saturated carbocycles. The van der Waals surface area contributed by atoms with E-state index in [4.69, 9.17) is 0 Å². The van der Waals surface area contributed by atoms with Crippen LogP contribution in [0.3, 0.4) is 0 Å². The summed E-state index contributed by atoms with van der Waals surface area (Å²) in [5, 5.41) is 12.8. The van der Waals surface area contributed by atoms with E-state index in [1.807, 2.05) is 26.0 Å². The van der Waals surface area contributed by atoms with Crippen molar-refractivity contribution in [1.29, 1.82) is 0 Å². The van der Waals surface area contributed by atoms with Gasteiger partial charge in [0.2, 0.25) is 5.91 Å². The first-order valence-electron chi connectivity index (χ1n) is 11.2. The SMILES string of the molecule is Cc1ccc(NCC(=O)Nc2ccc(C(=O)NC3CC(C)(C)NC(C)(C)C3)cc2)c(C)c1. The van der Waals surface area contributed by atoms with Gasteiger partial charge >= 0.3 is 0 Å². The lowest BCUT2D eigenvalue weighted by Crippen LogP contribution is -2.62. The van der Waals surface area contributed by atoms with Crippen LogP contribution in [0.4, 0.5) is 11.4 Å². The van der Waals surface area contributed by atoms with Crippen LogP contribution in [-0.4, -0.2) is 35.5 Å². The van der Waals surface area contributed by atoms with E-state index in [0.29, 0.717) is 11.3 Å². The summed E-state index contributed by atoms with van der Waals surface area (Å²) in [6.45, 7) is 12.9. The molecule has 6 heteroatoms. The number of hydrogen-bond acceptors (Lipinski definition) is 4. The van der Waals surface area contributed by atoms with Gasteiger partial charge in [-0.15, -0.1) is 0 Å². The number of benzene rings is 2. The highest BCUT2D eigenvalue weighted by atomic mass is 16.2. The highest BCUT2D eigenvalue weighted by molar-refractivity contribution is 5.96. The molecule has 3 rings (SSSR count). The molecule has 6 nitrogen and oxygen atoms in total. The molecule has 32 heavy (non-hydrogen) atoms. The molecule has 1 aliphatic rings. The lowest BCUT2D eigenvalue weighted by atomic mass is 9.79. The first-order valence-corrected chi connectivity index (χ1v) is 11.2. The molecule has 1 aliphatic heterocycles. The van der Waals surface area contributed by atoms with E-state index in [2.05, 4.69) is 55.0 Å². The van der Waals surface area contributed by atoms with Crippen molar-refractivity contribution in [2.45, 2.75) is 71.5 Å². The second-order valence-corrected chi connectivity index (χ2v) is 10.3. The van der Waals surface area contributed by atoms with Gasteiger partial charge in [0.25, 0.3) is 5.91 Å². The van der Waals surface area contributed by atoms with E-state index in [1.165, 1.54) is 5.56 Å². The van der Waals surface area contributed by atoms with Crippen molar-refractivity contribution in [3.8, 4) is 0 Å². The summed E-state index contributed by atoms with van der Waals surface area (Å²) in [7, 11) is 0. The topological polar surface area (TPSA) is 82.3 Å². The lowest BCUT2D eigenvalue weighted by Gasteiger charge is -2.46. The van der Waals surface area contributed by atoms with Crippen LogP contribution in [0.2, 0.25) is 0 Å². The van der Waals surface area contributed by atoms with Crippen LogP contribution in [0.1, 0.15) is 62.0 Å². The molecule has 0 radical (unpaired) electrons. The number of amides is 2. The molecule has 1 fully saturated rings. The predicted molar refractivity (Wildman–Crippen MR) is 131 cm³/mol. The Labute approximate surface area is 191 Å². The van der Waals surface area contributed by atoms with Crippen molar-refractivity contribution in [2.75, 3.05) is 17.2 Å². The van der Waals surface area contributed by atoms with E-state index in [-0.39, 0.29) is 35.5 Å². The third-order valence-electron chi connectivity index (χ3n) is 5.78. The third-order valence-corrected chi connectivity index (χ3v) is 5.78. The summed E-state index contributed by atoms with van der Waals surface area (Å²) >= 11 is 0. The zero-order valence-electron chi connectivity index (χ0n) is 20.1. The Kier molecular flexibility index (Phi) is 6.94. The van der Waals surface area contributed by atoms with E-state index >= 15 is 0 Å². The Morgan fingerprint density at radius 1 is 0.969 bits per heavy atom. The number of anilines is 2. The molecule has 0 spiro atoms. The highest BCUT2D eigenvalue weighted by Gasteiger charge is 2.38. The minimum Gasteiger partial charge on any atom is -0.376 e. The van der Waals surface area contributed by atoms with Crippen LogP contribution >= 0.6 is 0 Å². The number of rotatable bonds is 6. The summed E-state index contributed by atoms with van der Waals surface area (Å²) in [4.78, 5) is 25.1. The van der Waals surface area contributed by atoms with Gasteiger partial charge in [0.05, 0.1) is 6.54 Å². The first kappa shape index (κ1) is 23.8. The molecule has 2 amide bonds. The Bertz CT molecular complexity index is 964. The molecular weight excluding hydrogens is 400 g/mol. The van der Waals surface area contributed by atoms with Gasteiger partial charge in [0, 0.05) is 34.1 Å². The van der Waals surface area contributed by atoms with Crippen LogP contribution in [-0.2, 0) is 4.79 Å². The quantitative estimate of drug-likeness (QED) is 0.541. The smallest absolute Gasteiger partial charge is 0.251 e. The lowest BCUT2D eigenvalue weighted by molar-refractivity contribution is -0.114. The fourth-order valence-corrected chi connectivity index (χ4v) is 4.79. The molecule has 1 saturated heterocycles. The number of carbonyl (C=O) groups is 2. The summed E-state index contributed by atoms with van der Waals surface area (Å²) in [6, 6.07) is 13.2. The van der Waals surface area contributed by atoms with E-state index in [1.54, 1.807) is 24.3 Å². The molecule has 0 bridgehead atoms. The molecule has 2 aromatic carbocycles. The van der Waals surface area contributed by atoms with Gasteiger partial charge in [-0.2, -0.15) is 0 Å². The van der Waals surface area contributed by atoms with Crippen molar-refractivity contribution in [3.63, 3.8) is 0 Å². The van der Waals surface area contributed by atoms with E-state index in [9.17, 15) is 9.59 Å². The van der Waals surface area contributed by atoms with Crippen LogP contribution in [0.25, 0.3) is 0 Å². The second-order valence-electron chi connectivity index (χ2n) is 10.3. The van der Waals surface area contributed by atoms with Crippen LogP contribution < -0.4 is 21.3 Å². The van der Waals surface area contributed by atoms with Crippen LogP contribution in [0.15, 0.2) is 42.5 Å². The molecule has 2 aromatic rings. The third kappa shape index (κ3) is 6.57. The number of nitrogens with one attached hydrogen (secondary N) is 4. The zero-order valence-corrected chi connectivity index (χ0v) is 20.1. The molecule has 0 aromatic heterocycles. The predicted octanol–water partition coefficient (Wildman–Crippen LogP) is 4.39. The molecule has 0 atom stereocenters. The number of carbonyl (C=O) groups excluding carboxylic acids is 2. The van der Waals surface area contributed by atoms with E-state index < -0.39 is 0 Å². The largest absolute Gasteiger partial charge is 0.376 e. The van der Waals surface area contributed by atoms with Crippen LogP contribution in [0.5, 0.6) is 0 Å². The average Bonchev–Trinajstić information content (AvgIpc) is 2.65. The minimum absolute atomic E-state index is 0.0288. The summed E-state index contributed by atoms with van der Waals surface area (Å²) in [6.07, 6.45) is 1.76. The maximum absolute atomic E-state index is 12.8. The Morgan fingerprint density at radius 3 is 2.19 bits per heavy atom. The Hall–Kier alpha value is -2.86. The normalized spacial score (nSPS) is 17.4.